The summed E-state index contributed by atoms with van der Waals surface area (Å²) in [6.45, 7) is 1.62. The first kappa shape index (κ1) is 28.8. The summed E-state index contributed by atoms with van der Waals surface area (Å²) in [5, 5.41) is 25.5. The first-order valence-corrected chi connectivity index (χ1v) is 12.6. The van der Waals surface area contributed by atoms with Crippen molar-refractivity contribution in [2.24, 2.45) is 0 Å². The van der Waals surface area contributed by atoms with Crippen LogP contribution in [0.3, 0.4) is 0 Å². The molecule has 1 spiro atoms. The van der Waals surface area contributed by atoms with Gasteiger partial charge in [-0.15, -0.1) is 12.4 Å². The third-order valence-electron chi connectivity index (χ3n) is 7.19. The summed E-state index contributed by atoms with van der Waals surface area (Å²) in [5.74, 6) is -1.70. The Labute approximate surface area is 226 Å². The van der Waals surface area contributed by atoms with Crippen LogP contribution in [0.5, 0.6) is 0 Å². The van der Waals surface area contributed by atoms with Gasteiger partial charge in [0.05, 0.1) is 23.8 Å². The van der Waals surface area contributed by atoms with Crippen LogP contribution in [0.25, 0.3) is 0 Å². The van der Waals surface area contributed by atoms with E-state index in [-0.39, 0.29) is 48.6 Å². The first-order valence-electron chi connectivity index (χ1n) is 11.9. The first-order chi connectivity index (χ1) is 16.7. The average Bonchev–Trinajstić information content (AvgIpc) is 3.30. The van der Waals surface area contributed by atoms with E-state index in [0.717, 1.165) is 6.42 Å². The minimum Gasteiger partial charge on any atom is -0.394 e. The lowest BCUT2D eigenvalue weighted by molar-refractivity contribution is -0.122. The van der Waals surface area contributed by atoms with Crippen molar-refractivity contribution in [2.45, 2.75) is 68.5 Å². The van der Waals surface area contributed by atoms with E-state index in [1.807, 2.05) is 13.0 Å². The predicted molar refractivity (Wildman–Crippen MR) is 141 cm³/mol. The number of Topliss-reactive ketones (excluding diaryl/α,β-unsaturated/α-hetero) is 1. The molecule has 0 saturated carbocycles. The largest absolute Gasteiger partial charge is 0.394 e. The number of hydrogen-bond donors (Lipinski definition) is 4. The maximum atomic E-state index is 14.8. The quantitative estimate of drug-likeness (QED) is 0.355. The fourth-order valence-corrected chi connectivity index (χ4v) is 6.07. The van der Waals surface area contributed by atoms with E-state index in [4.69, 9.17) is 28.3 Å². The van der Waals surface area contributed by atoms with Crippen molar-refractivity contribution >= 4 is 53.0 Å². The summed E-state index contributed by atoms with van der Waals surface area (Å²) in [4.78, 5) is 27.4. The number of carbonyl (C=O) groups is 2. The van der Waals surface area contributed by atoms with E-state index in [0.29, 0.717) is 34.7 Å². The minimum absolute atomic E-state index is 0. The minimum atomic E-state index is -1.24. The van der Waals surface area contributed by atoms with Crippen LogP contribution in [-0.2, 0) is 15.0 Å². The van der Waals surface area contributed by atoms with Crippen LogP contribution in [0, 0.1) is 5.82 Å². The van der Waals surface area contributed by atoms with Gasteiger partial charge in [-0.1, -0.05) is 48.7 Å². The number of aliphatic hydroxyl groups is 2. The van der Waals surface area contributed by atoms with E-state index in [2.05, 4.69) is 10.6 Å². The van der Waals surface area contributed by atoms with Crippen LogP contribution in [0.4, 0.5) is 10.1 Å². The highest BCUT2D eigenvalue weighted by molar-refractivity contribution is 6.31. The molecule has 1 fully saturated rings. The third kappa shape index (κ3) is 5.02. The lowest BCUT2D eigenvalue weighted by atomic mass is 9.63. The van der Waals surface area contributed by atoms with Gasteiger partial charge >= 0.3 is 0 Å². The van der Waals surface area contributed by atoms with E-state index >= 15 is 0 Å². The highest BCUT2D eigenvalue weighted by Gasteiger charge is 2.65. The van der Waals surface area contributed by atoms with Crippen LogP contribution < -0.4 is 10.6 Å². The molecular formula is C26H30Cl3FN2O4. The highest BCUT2D eigenvalue weighted by atomic mass is 35.5. The Kier molecular flexibility index (Phi) is 9.41. The summed E-state index contributed by atoms with van der Waals surface area (Å²) in [6, 6.07) is 8.64. The number of rotatable bonds is 9. The van der Waals surface area contributed by atoms with Gasteiger partial charge in [-0.25, -0.2) is 4.39 Å². The maximum Gasteiger partial charge on any atom is 0.237 e. The second-order valence-corrected chi connectivity index (χ2v) is 10.2. The Balaban J connectivity index is 0.00000361. The molecule has 36 heavy (non-hydrogen) atoms. The molecule has 0 aromatic heterocycles. The summed E-state index contributed by atoms with van der Waals surface area (Å²) >= 11 is 12.4. The Bertz CT molecular complexity index is 1130. The molecule has 1 amide bonds. The third-order valence-corrected chi connectivity index (χ3v) is 7.71. The van der Waals surface area contributed by atoms with Gasteiger partial charge in [0.2, 0.25) is 5.91 Å². The van der Waals surface area contributed by atoms with Crippen LogP contribution in [-0.4, -0.2) is 46.7 Å². The summed E-state index contributed by atoms with van der Waals surface area (Å²) in [7, 11) is 0. The zero-order valence-corrected chi connectivity index (χ0v) is 22.1. The Morgan fingerprint density at radius 3 is 2.67 bits per heavy atom. The molecule has 2 aromatic carbocycles. The van der Waals surface area contributed by atoms with Crippen LogP contribution in [0.15, 0.2) is 36.4 Å². The zero-order chi connectivity index (χ0) is 25.3. The SMILES string of the molecule is CCC[C@H]1N[C@@H](C(=O)CCC[C@H](O)CO)[C@H](c2cccc(Cl)c2)[C@@]12C(=O)Nc1cc(Cl)c(F)cc12.Cl. The molecule has 2 aliphatic rings. The second-order valence-electron chi connectivity index (χ2n) is 9.35. The number of nitrogens with one attached hydrogen (secondary N) is 2. The molecule has 5 atom stereocenters. The normalized spacial score (nSPS) is 25.4. The van der Waals surface area contributed by atoms with Gasteiger partial charge in [-0.05, 0) is 54.7 Å². The van der Waals surface area contributed by atoms with Crippen molar-refractivity contribution in [1.29, 1.82) is 0 Å². The fraction of sp³-hybridized carbons (Fsp3) is 0.462. The van der Waals surface area contributed by atoms with Crippen molar-refractivity contribution in [3.8, 4) is 0 Å². The second kappa shape index (κ2) is 11.8. The summed E-state index contributed by atoms with van der Waals surface area (Å²) < 4.78 is 14.8. The number of halogens is 4. The van der Waals surface area contributed by atoms with Crippen molar-refractivity contribution < 1.29 is 24.2 Å². The van der Waals surface area contributed by atoms with Crippen LogP contribution in [0.2, 0.25) is 10.0 Å². The molecule has 2 heterocycles. The molecule has 2 aliphatic heterocycles. The molecule has 4 N–H and O–H groups in total. The number of ketones is 1. The number of hydrogen-bond acceptors (Lipinski definition) is 5. The molecule has 4 rings (SSSR count). The fourth-order valence-electron chi connectivity index (χ4n) is 5.71. The topological polar surface area (TPSA) is 98.7 Å². The Morgan fingerprint density at radius 1 is 1.25 bits per heavy atom. The predicted octanol–water partition coefficient (Wildman–Crippen LogP) is 4.76. The summed E-state index contributed by atoms with van der Waals surface area (Å²) in [6.07, 6.45) is 1.27. The molecule has 0 radical (unpaired) electrons. The number of anilines is 1. The van der Waals surface area contributed by atoms with E-state index in [1.54, 1.807) is 18.2 Å². The van der Waals surface area contributed by atoms with Crippen LogP contribution in [0.1, 0.15) is 56.1 Å². The lowest BCUT2D eigenvalue weighted by Gasteiger charge is -2.35. The number of carbonyl (C=O) groups excluding carboxylic acids is 2. The number of amides is 1. The van der Waals surface area contributed by atoms with Gasteiger partial charge in [-0.2, -0.15) is 0 Å². The van der Waals surface area contributed by atoms with Crippen LogP contribution >= 0.6 is 35.6 Å². The monoisotopic (exact) mass is 558 g/mol. The molecule has 2 aromatic rings. The van der Waals surface area contributed by atoms with Gasteiger partial charge in [-0.3, -0.25) is 9.59 Å². The van der Waals surface area contributed by atoms with Gasteiger partial charge in [0.1, 0.15) is 17.0 Å². The number of aliphatic hydroxyl groups excluding tert-OH is 2. The molecule has 196 valence electrons. The average molecular weight is 560 g/mol. The van der Waals surface area contributed by atoms with Crippen molar-refractivity contribution in [3.63, 3.8) is 0 Å². The van der Waals surface area contributed by atoms with Crippen molar-refractivity contribution in [1.82, 2.24) is 5.32 Å². The molecule has 0 aliphatic carbocycles. The van der Waals surface area contributed by atoms with E-state index in [9.17, 15) is 19.1 Å². The molecule has 0 bridgehead atoms. The van der Waals surface area contributed by atoms with Gasteiger partial charge < -0.3 is 20.8 Å². The number of benzene rings is 2. The van der Waals surface area contributed by atoms with Crippen molar-refractivity contribution in [2.75, 3.05) is 11.9 Å². The van der Waals surface area contributed by atoms with Crippen molar-refractivity contribution in [3.05, 3.63) is 63.4 Å². The Morgan fingerprint density at radius 2 is 2.00 bits per heavy atom. The Hall–Kier alpha value is -1.74. The summed E-state index contributed by atoms with van der Waals surface area (Å²) in [5.41, 5.74) is 0.379. The van der Waals surface area contributed by atoms with Gasteiger partial charge in [0.25, 0.3) is 0 Å². The lowest BCUT2D eigenvalue weighted by Crippen LogP contribution is -2.48. The molecule has 0 unspecified atom stereocenters. The maximum absolute atomic E-state index is 14.8. The highest BCUT2D eigenvalue weighted by Crippen LogP contribution is 2.56. The van der Waals surface area contributed by atoms with Gasteiger partial charge in [0, 0.05) is 29.1 Å². The molecule has 1 saturated heterocycles. The molecule has 10 heteroatoms. The standard InChI is InChI=1S/C26H29Cl2FN2O4.ClH/c1-2-5-22-26(17-11-19(29)18(28)12-20(17)30-25(26)35)23(14-6-3-7-15(27)10-14)24(31-22)21(34)9-4-8-16(33)13-32;/h3,6-7,10-12,16,22-24,31-33H,2,4-5,8-9,13H2,1H3,(H,30,35);1H/t16-,22+,23-,24-,26-;/m0./s1. The zero-order valence-electron chi connectivity index (χ0n) is 19.8. The van der Waals surface area contributed by atoms with E-state index in [1.165, 1.54) is 12.1 Å². The number of fused-ring (bicyclic) bond motifs is 2. The van der Waals surface area contributed by atoms with E-state index < -0.39 is 35.3 Å². The molecular weight excluding hydrogens is 530 g/mol. The smallest absolute Gasteiger partial charge is 0.237 e. The van der Waals surface area contributed by atoms with Gasteiger partial charge in [0.15, 0.2) is 0 Å². The molecule has 6 nitrogen and oxygen atoms in total.